The van der Waals surface area contributed by atoms with Crippen LogP contribution in [0.2, 0.25) is 0 Å². The first-order chi connectivity index (χ1) is 10.6. The van der Waals surface area contributed by atoms with E-state index in [0.29, 0.717) is 16.7 Å². The Balaban J connectivity index is 2.43. The van der Waals surface area contributed by atoms with Crippen LogP contribution in [0.4, 0.5) is 22.0 Å². The Hall–Kier alpha value is -1.61. The molecule has 0 fully saturated rings. The van der Waals surface area contributed by atoms with Crippen molar-refractivity contribution in [3.05, 3.63) is 35.1 Å². The summed E-state index contributed by atoms with van der Waals surface area (Å²) in [7, 11) is 0. The maximum atomic E-state index is 12.5. The standard InChI is InChI=1S/C14H12F5NO2S/c1-7-3-8(2)12(23(21)6-14(17,18)19)4-9(7)10-5-11(13(15)16)22-20-10/h3-5,13H,6H2,1-2H3. The molecule has 1 atom stereocenters. The first-order valence-corrected chi connectivity index (χ1v) is 7.72. The zero-order valence-electron chi connectivity index (χ0n) is 12.1. The summed E-state index contributed by atoms with van der Waals surface area (Å²) in [5, 5.41) is 3.50. The van der Waals surface area contributed by atoms with Crippen LogP contribution < -0.4 is 0 Å². The molecular weight excluding hydrogens is 341 g/mol. The van der Waals surface area contributed by atoms with Crippen molar-refractivity contribution in [3.8, 4) is 11.3 Å². The lowest BCUT2D eigenvalue weighted by atomic mass is 10.0. The lowest BCUT2D eigenvalue weighted by Crippen LogP contribution is -2.23. The molecule has 1 unspecified atom stereocenters. The number of aryl methyl sites for hydroxylation is 2. The maximum absolute atomic E-state index is 12.5. The van der Waals surface area contributed by atoms with Crippen molar-refractivity contribution in [2.45, 2.75) is 31.3 Å². The van der Waals surface area contributed by atoms with E-state index < -0.39 is 35.3 Å². The molecule has 9 heteroatoms. The maximum Gasteiger partial charge on any atom is 0.433 e. The van der Waals surface area contributed by atoms with Gasteiger partial charge < -0.3 is 9.08 Å². The molecule has 0 aliphatic carbocycles. The van der Waals surface area contributed by atoms with Crippen molar-refractivity contribution >= 4 is 11.2 Å². The van der Waals surface area contributed by atoms with E-state index in [2.05, 4.69) is 9.68 Å². The Morgan fingerprint density at radius 3 is 2.35 bits per heavy atom. The number of alkyl halides is 5. The smallest absolute Gasteiger partial charge is 0.433 e. The molecule has 0 bridgehead atoms. The topological polar surface area (TPSA) is 49.1 Å². The summed E-state index contributed by atoms with van der Waals surface area (Å²) in [5.74, 6) is -2.12. The molecule has 0 radical (unpaired) electrons. The Morgan fingerprint density at radius 1 is 1.17 bits per heavy atom. The van der Waals surface area contributed by atoms with E-state index in [9.17, 15) is 26.5 Å². The molecule has 0 saturated heterocycles. The average Bonchev–Trinajstić information content (AvgIpc) is 2.86. The van der Waals surface area contributed by atoms with Crippen LogP contribution >= 0.6 is 0 Å². The van der Waals surface area contributed by atoms with Gasteiger partial charge in [-0.05, 0) is 30.6 Å². The highest BCUT2D eigenvalue weighted by atomic mass is 32.2. The third-order valence-corrected chi connectivity index (χ3v) is 4.60. The highest BCUT2D eigenvalue weighted by Gasteiger charge is 2.36. The number of hydrogen-bond acceptors (Lipinski definition) is 3. The summed E-state index contributed by atoms with van der Waals surface area (Å²) in [5.41, 5.74) is 1.38. The van der Waals surface area contributed by atoms with Crippen LogP contribution in [-0.2, 0) is 11.2 Å². The van der Waals surface area contributed by atoms with E-state index in [-0.39, 0.29) is 10.6 Å². The van der Waals surface area contributed by atoms with E-state index >= 15 is 0 Å². The molecule has 0 aliphatic heterocycles. The second-order valence-electron chi connectivity index (χ2n) is 4.95. The van der Waals surface area contributed by atoms with E-state index in [4.69, 9.17) is 0 Å². The summed E-state index contributed by atoms with van der Waals surface area (Å²) >= 11 is -2.29. The van der Waals surface area contributed by atoms with Gasteiger partial charge in [0, 0.05) is 23.3 Å². The monoisotopic (exact) mass is 353 g/mol. The van der Waals surface area contributed by atoms with E-state index in [1.807, 2.05) is 0 Å². The number of aromatic nitrogens is 1. The number of nitrogens with zero attached hydrogens (tertiary/aromatic N) is 1. The van der Waals surface area contributed by atoms with Crippen LogP contribution in [0.3, 0.4) is 0 Å². The molecule has 0 aliphatic rings. The van der Waals surface area contributed by atoms with E-state index in [1.165, 1.54) is 19.1 Å². The molecule has 0 saturated carbocycles. The fraction of sp³-hybridized carbons (Fsp3) is 0.357. The minimum atomic E-state index is -4.57. The number of halogens is 5. The van der Waals surface area contributed by atoms with Gasteiger partial charge in [0.2, 0.25) is 11.5 Å². The van der Waals surface area contributed by atoms with Gasteiger partial charge in [-0.1, -0.05) is 11.2 Å². The van der Waals surface area contributed by atoms with Crippen LogP contribution in [0, 0.1) is 13.8 Å². The zero-order valence-corrected chi connectivity index (χ0v) is 12.9. The largest absolute Gasteiger partial charge is 0.611 e. The van der Waals surface area contributed by atoms with Crippen molar-refractivity contribution in [3.63, 3.8) is 0 Å². The van der Waals surface area contributed by atoms with Crippen molar-refractivity contribution in [2.75, 3.05) is 5.75 Å². The van der Waals surface area contributed by atoms with Gasteiger partial charge in [0.25, 0.3) is 6.43 Å². The zero-order chi connectivity index (χ0) is 17.4. The molecule has 126 valence electrons. The third-order valence-electron chi connectivity index (χ3n) is 3.08. The summed E-state index contributed by atoms with van der Waals surface area (Å²) in [6, 6.07) is 3.83. The first kappa shape index (κ1) is 17.7. The summed E-state index contributed by atoms with van der Waals surface area (Å²) in [6.07, 6.45) is -7.42. The normalized spacial score (nSPS) is 13.6. The highest BCUT2D eigenvalue weighted by molar-refractivity contribution is 7.91. The Morgan fingerprint density at radius 2 is 1.83 bits per heavy atom. The van der Waals surface area contributed by atoms with Crippen molar-refractivity contribution in [1.82, 2.24) is 5.16 Å². The average molecular weight is 353 g/mol. The molecule has 2 aromatic rings. The van der Waals surface area contributed by atoms with Gasteiger partial charge in [0.1, 0.15) is 5.69 Å². The van der Waals surface area contributed by atoms with Gasteiger partial charge in [-0.25, -0.2) is 8.78 Å². The van der Waals surface area contributed by atoms with Crippen LogP contribution in [0.25, 0.3) is 11.3 Å². The summed E-state index contributed by atoms with van der Waals surface area (Å²) < 4.78 is 78.7. The van der Waals surface area contributed by atoms with Gasteiger partial charge in [-0.2, -0.15) is 13.2 Å². The van der Waals surface area contributed by atoms with Gasteiger partial charge in [0.15, 0.2) is 4.90 Å². The second-order valence-corrected chi connectivity index (χ2v) is 6.37. The molecule has 1 aromatic carbocycles. The minimum absolute atomic E-state index is 0.00970. The number of hydrogen-bond donors (Lipinski definition) is 0. The minimum Gasteiger partial charge on any atom is -0.611 e. The quantitative estimate of drug-likeness (QED) is 0.598. The van der Waals surface area contributed by atoms with Gasteiger partial charge in [-0.15, -0.1) is 0 Å². The van der Waals surface area contributed by atoms with Crippen LogP contribution in [0.5, 0.6) is 0 Å². The first-order valence-electron chi connectivity index (χ1n) is 6.40. The predicted octanol–water partition coefficient (Wildman–Crippen LogP) is 4.57. The predicted molar refractivity (Wildman–Crippen MR) is 73.7 cm³/mol. The highest BCUT2D eigenvalue weighted by Crippen LogP contribution is 2.32. The fourth-order valence-electron chi connectivity index (χ4n) is 2.10. The van der Waals surface area contributed by atoms with E-state index in [1.54, 1.807) is 6.92 Å². The third kappa shape index (κ3) is 4.23. The van der Waals surface area contributed by atoms with Gasteiger partial charge in [0.05, 0.1) is 0 Å². The number of rotatable bonds is 4. The Labute approximate surface area is 131 Å². The molecule has 1 aromatic heterocycles. The molecule has 1 heterocycles. The fourth-order valence-corrected chi connectivity index (χ4v) is 3.22. The van der Waals surface area contributed by atoms with E-state index in [0.717, 1.165) is 6.07 Å². The molecular formula is C14H12F5NO2S. The SMILES string of the molecule is Cc1cc(C)c([S+]([O-])CC(F)(F)F)cc1-c1cc(C(F)F)on1. The summed E-state index contributed by atoms with van der Waals surface area (Å²) in [6.45, 7) is 3.18. The van der Waals surface area contributed by atoms with Gasteiger partial charge in [-0.3, -0.25) is 0 Å². The van der Waals surface area contributed by atoms with Crippen LogP contribution in [-0.4, -0.2) is 21.6 Å². The number of benzene rings is 1. The second kappa shape index (κ2) is 6.48. The molecule has 0 spiro atoms. The van der Waals surface area contributed by atoms with Gasteiger partial charge >= 0.3 is 6.18 Å². The Bertz CT molecular complexity index is 699. The molecule has 0 amide bonds. The molecule has 3 nitrogen and oxygen atoms in total. The van der Waals surface area contributed by atoms with Crippen molar-refractivity contribution in [2.24, 2.45) is 0 Å². The van der Waals surface area contributed by atoms with Crippen molar-refractivity contribution in [1.29, 1.82) is 0 Å². The molecule has 2 rings (SSSR count). The lowest BCUT2D eigenvalue weighted by molar-refractivity contribution is -0.106. The van der Waals surface area contributed by atoms with Crippen molar-refractivity contribution < 1.29 is 31.0 Å². The Kier molecular flexibility index (Phi) is 5.00. The molecule has 0 N–H and O–H groups in total. The van der Waals surface area contributed by atoms with Crippen LogP contribution in [0.15, 0.2) is 27.6 Å². The van der Waals surface area contributed by atoms with Crippen LogP contribution in [0.1, 0.15) is 23.3 Å². The lowest BCUT2D eigenvalue weighted by Gasteiger charge is -2.16. The summed E-state index contributed by atoms with van der Waals surface area (Å²) in [4.78, 5) is -0.00970. The molecule has 23 heavy (non-hydrogen) atoms.